The number of nitrogens with one attached hydrogen (secondary N) is 1. The predicted molar refractivity (Wildman–Crippen MR) is 63.5 cm³/mol. The fourth-order valence-corrected chi connectivity index (χ4v) is 2.84. The summed E-state index contributed by atoms with van der Waals surface area (Å²) in [4.78, 5) is 13.3. The average molecular weight is 257 g/mol. The molecule has 0 unspecified atom stereocenters. The lowest BCUT2D eigenvalue weighted by Crippen LogP contribution is -2.37. The number of hydrogen-bond acceptors (Lipinski definition) is 5. The van der Waals surface area contributed by atoms with Gasteiger partial charge in [0.05, 0.1) is 6.54 Å². The number of furan rings is 1. The molecule has 7 heteroatoms. The van der Waals surface area contributed by atoms with Crippen molar-refractivity contribution in [1.29, 1.82) is 0 Å². The molecular formula is C10H15N3O3S. The Kier molecular flexibility index (Phi) is 3.93. The monoisotopic (exact) mass is 257 g/mol. The van der Waals surface area contributed by atoms with Gasteiger partial charge in [-0.3, -0.25) is 19.3 Å². The highest BCUT2D eigenvalue weighted by Gasteiger charge is 2.17. The van der Waals surface area contributed by atoms with E-state index in [0.717, 1.165) is 18.8 Å². The zero-order valence-electron chi connectivity index (χ0n) is 9.35. The highest BCUT2D eigenvalue weighted by molar-refractivity contribution is 7.85. The second-order valence-corrected chi connectivity index (χ2v) is 5.56. The molecule has 0 spiro atoms. The Hall–Kier alpha value is -1.18. The van der Waals surface area contributed by atoms with E-state index in [2.05, 4.69) is 4.90 Å². The van der Waals surface area contributed by atoms with E-state index in [0.29, 0.717) is 18.1 Å². The van der Waals surface area contributed by atoms with Crippen LogP contribution in [0.5, 0.6) is 0 Å². The molecule has 0 atom stereocenters. The van der Waals surface area contributed by atoms with Crippen molar-refractivity contribution in [3.8, 4) is 0 Å². The number of nitrogen functional groups attached to an aromatic ring is 1. The minimum absolute atomic E-state index is 0.211. The first-order valence-electron chi connectivity index (χ1n) is 5.36. The third-order valence-electron chi connectivity index (χ3n) is 2.67. The molecule has 17 heavy (non-hydrogen) atoms. The lowest BCUT2D eigenvalue weighted by Gasteiger charge is -2.24. The fourth-order valence-electron chi connectivity index (χ4n) is 1.71. The maximum Gasteiger partial charge on any atom is 0.300 e. The lowest BCUT2D eigenvalue weighted by molar-refractivity contribution is 0.0922. The number of nitrogens with two attached hydrogens (primary N) is 1. The highest BCUT2D eigenvalue weighted by Crippen LogP contribution is 2.12. The van der Waals surface area contributed by atoms with Crippen LogP contribution in [0.25, 0.3) is 0 Å². The lowest BCUT2D eigenvalue weighted by atomic mass is 10.3. The molecule has 1 aliphatic rings. The number of amides is 1. The van der Waals surface area contributed by atoms with Crippen molar-refractivity contribution in [2.75, 3.05) is 24.6 Å². The minimum atomic E-state index is -0.675. The molecule has 6 nitrogen and oxygen atoms in total. The first kappa shape index (κ1) is 12.3. The average Bonchev–Trinajstić information content (AvgIpc) is 2.80. The van der Waals surface area contributed by atoms with Crippen LogP contribution in [-0.2, 0) is 17.3 Å². The summed E-state index contributed by atoms with van der Waals surface area (Å²) in [5.74, 6) is 6.92. The van der Waals surface area contributed by atoms with Crippen LogP contribution >= 0.6 is 0 Å². The second-order valence-electron chi connectivity index (χ2n) is 3.86. The van der Waals surface area contributed by atoms with Crippen LogP contribution in [0.2, 0.25) is 0 Å². The van der Waals surface area contributed by atoms with Crippen LogP contribution in [0.4, 0.5) is 0 Å². The van der Waals surface area contributed by atoms with E-state index >= 15 is 0 Å². The number of rotatable bonds is 3. The van der Waals surface area contributed by atoms with Crippen molar-refractivity contribution < 1.29 is 13.4 Å². The van der Waals surface area contributed by atoms with Gasteiger partial charge in [-0.05, 0) is 12.1 Å². The SMILES string of the molecule is NNC(=O)c1ccc(CN2CCS(=O)CC2)o1. The molecule has 1 saturated heterocycles. The van der Waals surface area contributed by atoms with E-state index in [1.807, 2.05) is 5.43 Å². The Bertz CT molecular complexity index is 422. The van der Waals surface area contributed by atoms with Gasteiger partial charge in [0, 0.05) is 35.4 Å². The summed E-state index contributed by atoms with van der Waals surface area (Å²) in [6.45, 7) is 2.23. The number of carbonyl (C=O) groups is 1. The van der Waals surface area contributed by atoms with Gasteiger partial charge in [-0.2, -0.15) is 0 Å². The Morgan fingerprint density at radius 3 is 2.82 bits per heavy atom. The molecule has 1 aromatic rings. The van der Waals surface area contributed by atoms with Crippen LogP contribution in [0.15, 0.2) is 16.5 Å². The van der Waals surface area contributed by atoms with Gasteiger partial charge >= 0.3 is 5.91 Å². The molecule has 1 aliphatic heterocycles. The molecule has 0 aromatic carbocycles. The quantitative estimate of drug-likeness (QED) is 0.431. The van der Waals surface area contributed by atoms with Gasteiger partial charge < -0.3 is 4.42 Å². The summed E-state index contributed by atoms with van der Waals surface area (Å²) in [6, 6.07) is 3.36. The Labute approximate surface area is 102 Å². The van der Waals surface area contributed by atoms with Gasteiger partial charge in [0.15, 0.2) is 5.76 Å². The van der Waals surface area contributed by atoms with Gasteiger partial charge in [-0.1, -0.05) is 0 Å². The van der Waals surface area contributed by atoms with Crippen molar-refractivity contribution in [3.05, 3.63) is 23.7 Å². The summed E-state index contributed by atoms with van der Waals surface area (Å²) < 4.78 is 16.5. The van der Waals surface area contributed by atoms with E-state index in [1.54, 1.807) is 12.1 Å². The molecule has 1 amide bonds. The van der Waals surface area contributed by atoms with E-state index in [-0.39, 0.29) is 5.76 Å². The van der Waals surface area contributed by atoms with Crippen molar-refractivity contribution >= 4 is 16.7 Å². The van der Waals surface area contributed by atoms with E-state index in [4.69, 9.17) is 10.3 Å². The van der Waals surface area contributed by atoms with Crippen molar-refractivity contribution in [2.45, 2.75) is 6.54 Å². The summed E-state index contributed by atoms with van der Waals surface area (Å²) in [7, 11) is -0.675. The van der Waals surface area contributed by atoms with Gasteiger partial charge in [-0.25, -0.2) is 5.84 Å². The van der Waals surface area contributed by atoms with Crippen LogP contribution in [0.3, 0.4) is 0 Å². The second kappa shape index (κ2) is 5.44. The van der Waals surface area contributed by atoms with Gasteiger partial charge in [0.1, 0.15) is 5.76 Å². The molecule has 2 rings (SSSR count). The number of hydrazine groups is 1. The molecule has 0 radical (unpaired) electrons. The van der Waals surface area contributed by atoms with Crippen molar-refractivity contribution in [2.24, 2.45) is 5.84 Å². The molecule has 2 heterocycles. The Morgan fingerprint density at radius 2 is 2.18 bits per heavy atom. The summed E-state index contributed by atoms with van der Waals surface area (Å²) in [5.41, 5.74) is 2.02. The number of nitrogens with zero attached hydrogens (tertiary/aromatic N) is 1. The molecule has 3 N–H and O–H groups in total. The first-order valence-corrected chi connectivity index (χ1v) is 6.85. The van der Waals surface area contributed by atoms with E-state index < -0.39 is 16.7 Å². The van der Waals surface area contributed by atoms with Crippen LogP contribution in [-0.4, -0.2) is 39.6 Å². The molecule has 94 valence electrons. The summed E-state index contributed by atoms with van der Waals surface area (Å²) in [6.07, 6.45) is 0. The smallest absolute Gasteiger partial charge is 0.300 e. The van der Waals surface area contributed by atoms with E-state index in [1.165, 1.54) is 0 Å². The van der Waals surface area contributed by atoms with E-state index in [9.17, 15) is 9.00 Å². The topological polar surface area (TPSA) is 88.6 Å². The first-order chi connectivity index (χ1) is 8.19. The molecule has 0 bridgehead atoms. The van der Waals surface area contributed by atoms with Crippen molar-refractivity contribution in [3.63, 3.8) is 0 Å². The van der Waals surface area contributed by atoms with Crippen LogP contribution < -0.4 is 11.3 Å². The third-order valence-corrected chi connectivity index (χ3v) is 3.94. The Balaban J connectivity index is 1.93. The van der Waals surface area contributed by atoms with Crippen LogP contribution in [0.1, 0.15) is 16.3 Å². The zero-order valence-corrected chi connectivity index (χ0v) is 10.2. The van der Waals surface area contributed by atoms with Crippen LogP contribution in [0, 0.1) is 0 Å². The summed E-state index contributed by atoms with van der Waals surface area (Å²) in [5, 5.41) is 0. The number of hydrogen-bond donors (Lipinski definition) is 2. The summed E-state index contributed by atoms with van der Waals surface area (Å²) >= 11 is 0. The largest absolute Gasteiger partial charge is 0.455 e. The zero-order chi connectivity index (χ0) is 12.3. The minimum Gasteiger partial charge on any atom is -0.455 e. The Morgan fingerprint density at radius 1 is 1.47 bits per heavy atom. The maximum absolute atomic E-state index is 11.2. The predicted octanol–water partition coefficient (Wildman–Crippen LogP) is -0.553. The van der Waals surface area contributed by atoms with Crippen molar-refractivity contribution in [1.82, 2.24) is 10.3 Å². The fraction of sp³-hybridized carbons (Fsp3) is 0.500. The maximum atomic E-state index is 11.2. The van der Waals surface area contributed by atoms with Gasteiger partial charge in [0.25, 0.3) is 0 Å². The molecule has 1 aromatic heterocycles. The van der Waals surface area contributed by atoms with Gasteiger partial charge in [-0.15, -0.1) is 0 Å². The van der Waals surface area contributed by atoms with Gasteiger partial charge in [0.2, 0.25) is 0 Å². The molecule has 1 fully saturated rings. The number of carbonyl (C=O) groups excluding carboxylic acids is 1. The standard InChI is InChI=1S/C10H15N3O3S/c11-12-10(14)9-2-1-8(16-9)7-13-3-5-17(15)6-4-13/h1-2H,3-7,11H2,(H,12,14). The molecule has 0 aliphatic carbocycles. The highest BCUT2D eigenvalue weighted by atomic mass is 32.2. The molecule has 0 saturated carbocycles. The third kappa shape index (κ3) is 3.15. The molecular weight excluding hydrogens is 242 g/mol. The normalized spacial score (nSPS) is 18.2.